The van der Waals surface area contributed by atoms with Gasteiger partial charge in [-0.25, -0.2) is 4.98 Å². The third-order valence-electron chi connectivity index (χ3n) is 3.36. The summed E-state index contributed by atoms with van der Waals surface area (Å²) in [5.74, 6) is -2.32. The lowest BCUT2D eigenvalue weighted by Crippen LogP contribution is -2.53. The molecule has 140 valence electrons. The van der Waals surface area contributed by atoms with Crippen LogP contribution < -0.4 is 5.32 Å². The molecule has 0 aliphatic rings. The van der Waals surface area contributed by atoms with E-state index in [-0.39, 0.29) is 0 Å². The molecule has 0 radical (unpaired) electrons. The van der Waals surface area contributed by atoms with E-state index < -0.39 is 46.6 Å². The van der Waals surface area contributed by atoms with E-state index in [9.17, 15) is 40.6 Å². The van der Waals surface area contributed by atoms with E-state index >= 15 is 0 Å². The third-order valence-corrected chi connectivity index (χ3v) is 3.36. The number of benzene rings is 1. The first-order valence-corrected chi connectivity index (χ1v) is 6.76. The van der Waals surface area contributed by atoms with Gasteiger partial charge in [0.25, 0.3) is 11.5 Å². The van der Waals surface area contributed by atoms with Gasteiger partial charge in [-0.05, 0) is 24.3 Å². The molecule has 0 saturated carbocycles. The lowest BCUT2D eigenvalue weighted by molar-refractivity contribution is -0.376. The number of nitrogens with one attached hydrogen (secondary N) is 1. The average Bonchev–Trinajstić information content (AvgIpc) is 2.52. The Hall–Kier alpha value is -2.69. The minimum Gasteiger partial charge on any atom is -0.369 e. The number of aliphatic hydroxyl groups is 1. The molecule has 0 saturated heterocycles. The van der Waals surface area contributed by atoms with Crippen LogP contribution >= 0.6 is 0 Å². The predicted octanol–water partition coefficient (Wildman–Crippen LogP) is 3.79. The van der Waals surface area contributed by atoms with Gasteiger partial charge in [-0.3, -0.25) is 4.79 Å². The minimum atomic E-state index is -6.07. The number of alkyl halides is 6. The third kappa shape index (κ3) is 3.47. The van der Waals surface area contributed by atoms with Gasteiger partial charge in [-0.15, -0.1) is 0 Å². The summed E-state index contributed by atoms with van der Waals surface area (Å²) < 4.78 is 90.7. The molecular formula is C15H9F7N2O2. The van der Waals surface area contributed by atoms with E-state index in [2.05, 4.69) is 4.98 Å². The number of amides is 1. The largest absolute Gasteiger partial charge is 0.430 e. The van der Waals surface area contributed by atoms with Gasteiger partial charge in [0, 0.05) is 17.4 Å². The van der Waals surface area contributed by atoms with Gasteiger partial charge < -0.3 is 10.4 Å². The predicted molar refractivity (Wildman–Crippen MR) is 74.6 cm³/mol. The Morgan fingerprint density at radius 1 is 1.00 bits per heavy atom. The first-order chi connectivity index (χ1) is 11.9. The highest BCUT2D eigenvalue weighted by Gasteiger charge is 2.71. The summed E-state index contributed by atoms with van der Waals surface area (Å²) in [7, 11) is 0. The summed E-state index contributed by atoms with van der Waals surface area (Å²) in [6, 6.07) is 4.67. The summed E-state index contributed by atoms with van der Waals surface area (Å²) >= 11 is 0. The summed E-state index contributed by atoms with van der Waals surface area (Å²) in [4.78, 5) is 15.1. The Balaban J connectivity index is 2.42. The Bertz CT molecular complexity index is 804. The van der Waals surface area contributed by atoms with Crippen molar-refractivity contribution in [2.45, 2.75) is 18.0 Å². The zero-order valence-electron chi connectivity index (χ0n) is 12.5. The first kappa shape index (κ1) is 19.6. The number of nitrogens with zero attached hydrogens (tertiary/aromatic N) is 1. The van der Waals surface area contributed by atoms with Crippen LogP contribution in [-0.2, 0) is 5.60 Å². The van der Waals surface area contributed by atoms with Crippen LogP contribution in [0.25, 0.3) is 0 Å². The molecule has 4 nitrogen and oxygen atoms in total. The molecular weight excluding hydrogens is 373 g/mol. The van der Waals surface area contributed by atoms with Crippen LogP contribution in [0.2, 0.25) is 0 Å². The number of rotatable bonds is 3. The van der Waals surface area contributed by atoms with Crippen molar-refractivity contribution in [2.75, 3.05) is 5.32 Å². The zero-order chi connectivity index (χ0) is 19.8. The highest BCUT2D eigenvalue weighted by atomic mass is 19.4. The summed E-state index contributed by atoms with van der Waals surface area (Å²) in [6.45, 7) is 0. The average molecular weight is 382 g/mol. The highest BCUT2D eigenvalue weighted by molar-refractivity contribution is 6.04. The van der Waals surface area contributed by atoms with Gasteiger partial charge in [-0.2, -0.15) is 30.7 Å². The number of carbonyl (C=O) groups is 1. The SMILES string of the molecule is O=C(Nc1cccc(C(O)(C(F)(F)F)C(F)(F)F)c1)c1cccnc1F. The maximum Gasteiger partial charge on any atom is 0.430 e. The molecule has 0 atom stereocenters. The van der Waals surface area contributed by atoms with Gasteiger partial charge in [0.1, 0.15) is 0 Å². The van der Waals surface area contributed by atoms with E-state index in [0.29, 0.717) is 12.1 Å². The second kappa shape index (κ2) is 6.56. The maximum atomic E-state index is 13.4. The second-order valence-corrected chi connectivity index (χ2v) is 5.08. The monoisotopic (exact) mass is 382 g/mol. The molecule has 1 heterocycles. The molecule has 2 rings (SSSR count). The van der Waals surface area contributed by atoms with Crippen molar-refractivity contribution in [3.8, 4) is 0 Å². The molecule has 0 aliphatic heterocycles. The Labute approximate surface area is 141 Å². The molecule has 0 spiro atoms. The first-order valence-electron chi connectivity index (χ1n) is 6.76. The van der Waals surface area contributed by atoms with Crippen LogP contribution in [-0.4, -0.2) is 28.4 Å². The van der Waals surface area contributed by atoms with E-state index in [4.69, 9.17) is 0 Å². The van der Waals surface area contributed by atoms with Crippen LogP contribution in [0.15, 0.2) is 42.6 Å². The molecule has 0 fully saturated rings. The fraction of sp³-hybridized carbons (Fsp3) is 0.200. The molecule has 11 heteroatoms. The molecule has 0 bridgehead atoms. The quantitative estimate of drug-likeness (QED) is 0.627. The fourth-order valence-electron chi connectivity index (χ4n) is 2.06. The van der Waals surface area contributed by atoms with E-state index in [0.717, 1.165) is 24.4 Å². The van der Waals surface area contributed by atoms with Crippen molar-refractivity contribution in [2.24, 2.45) is 0 Å². The van der Waals surface area contributed by atoms with Crippen LogP contribution in [0.1, 0.15) is 15.9 Å². The smallest absolute Gasteiger partial charge is 0.369 e. The van der Waals surface area contributed by atoms with Crippen LogP contribution in [0.5, 0.6) is 0 Å². The second-order valence-electron chi connectivity index (χ2n) is 5.08. The number of anilines is 1. The normalized spacial score (nSPS) is 12.8. The lowest BCUT2D eigenvalue weighted by Gasteiger charge is -2.32. The number of hydrogen-bond donors (Lipinski definition) is 2. The van der Waals surface area contributed by atoms with Gasteiger partial charge in [0.05, 0.1) is 5.56 Å². The molecule has 2 aromatic rings. The summed E-state index contributed by atoms with van der Waals surface area (Å²) in [5.41, 5.74) is -7.77. The number of halogens is 7. The van der Waals surface area contributed by atoms with E-state index in [1.54, 1.807) is 0 Å². The molecule has 2 N–H and O–H groups in total. The summed E-state index contributed by atoms with van der Waals surface area (Å²) in [6.07, 6.45) is -11.1. The molecule has 0 unspecified atom stereocenters. The van der Waals surface area contributed by atoms with Crippen molar-refractivity contribution in [1.82, 2.24) is 4.98 Å². The van der Waals surface area contributed by atoms with Crippen molar-refractivity contribution >= 4 is 11.6 Å². The summed E-state index contributed by atoms with van der Waals surface area (Å²) in [5, 5.41) is 11.3. The van der Waals surface area contributed by atoms with Crippen molar-refractivity contribution in [3.63, 3.8) is 0 Å². The Morgan fingerprint density at radius 2 is 1.62 bits per heavy atom. The Morgan fingerprint density at radius 3 is 2.15 bits per heavy atom. The van der Waals surface area contributed by atoms with E-state index in [1.165, 1.54) is 6.07 Å². The fourth-order valence-corrected chi connectivity index (χ4v) is 2.06. The molecule has 1 aromatic heterocycles. The standard InChI is InChI=1S/C15H9F7N2O2/c16-11-10(5-2-6-23-11)12(25)24-9-4-1-3-8(7-9)13(26,14(17,18)19)15(20,21)22/h1-7,26H,(H,24,25). The Kier molecular flexibility index (Phi) is 4.95. The number of hydrogen-bond acceptors (Lipinski definition) is 3. The van der Waals surface area contributed by atoms with E-state index in [1.807, 2.05) is 5.32 Å². The van der Waals surface area contributed by atoms with Gasteiger partial charge in [-0.1, -0.05) is 12.1 Å². The van der Waals surface area contributed by atoms with Gasteiger partial charge in [0.2, 0.25) is 5.95 Å². The number of carbonyl (C=O) groups excluding carboxylic acids is 1. The maximum absolute atomic E-state index is 13.4. The van der Waals surface area contributed by atoms with Crippen molar-refractivity contribution in [1.29, 1.82) is 0 Å². The lowest BCUT2D eigenvalue weighted by atomic mass is 9.92. The topological polar surface area (TPSA) is 62.2 Å². The highest BCUT2D eigenvalue weighted by Crippen LogP contribution is 2.50. The van der Waals surface area contributed by atoms with Crippen LogP contribution in [0.3, 0.4) is 0 Å². The molecule has 1 aromatic carbocycles. The van der Waals surface area contributed by atoms with Crippen LogP contribution in [0, 0.1) is 5.95 Å². The number of aromatic nitrogens is 1. The van der Waals surface area contributed by atoms with Crippen LogP contribution in [0.4, 0.5) is 36.4 Å². The molecule has 1 amide bonds. The molecule has 0 aliphatic carbocycles. The van der Waals surface area contributed by atoms with Gasteiger partial charge >= 0.3 is 12.4 Å². The van der Waals surface area contributed by atoms with Crippen molar-refractivity contribution < 1.29 is 40.6 Å². The van der Waals surface area contributed by atoms with Gasteiger partial charge in [0.15, 0.2) is 0 Å². The zero-order valence-corrected chi connectivity index (χ0v) is 12.5. The minimum absolute atomic E-state index is 0.299. The molecule has 26 heavy (non-hydrogen) atoms. The van der Waals surface area contributed by atoms with Crippen molar-refractivity contribution in [3.05, 3.63) is 59.7 Å². The number of pyridine rings is 1.